The molecule has 0 atom stereocenters. The van der Waals surface area contributed by atoms with Gasteiger partial charge in [0, 0.05) is 13.0 Å². The van der Waals surface area contributed by atoms with E-state index in [1.807, 2.05) is 12.3 Å². The molecule has 0 radical (unpaired) electrons. The zero-order valence-electron chi connectivity index (χ0n) is 9.73. The topological polar surface area (TPSA) is 52.0 Å². The van der Waals surface area contributed by atoms with E-state index in [2.05, 4.69) is 29.2 Å². The van der Waals surface area contributed by atoms with Crippen LogP contribution >= 0.6 is 0 Å². The molecule has 1 fully saturated rings. The third kappa shape index (κ3) is 1.76. The molecule has 1 saturated carbocycles. The van der Waals surface area contributed by atoms with Crippen LogP contribution in [0.3, 0.4) is 0 Å². The van der Waals surface area contributed by atoms with Gasteiger partial charge in [-0.1, -0.05) is 30.3 Å². The SMILES string of the molecule is NCCc1ncc(C2(c3ccccc3)CC2)o1. The van der Waals surface area contributed by atoms with E-state index in [9.17, 15) is 0 Å². The smallest absolute Gasteiger partial charge is 0.195 e. The molecule has 0 bridgehead atoms. The maximum Gasteiger partial charge on any atom is 0.195 e. The summed E-state index contributed by atoms with van der Waals surface area (Å²) in [4.78, 5) is 4.29. The van der Waals surface area contributed by atoms with E-state index in [1.54, 1.807) is 0 Å². The summed E-state index contributed by atoms with van der Waals surface area (Å²) in [5.74, 6) is 1.75. The summed E-state index contributed by atoms with van der Waals surface area (Å²) >= 11 is 0. The Balaban J connectivity index is 1.92. The molecule has 0 amide bonds. The molecule has 3 nitrogen and oxygen atoms in total. The minimum absolute atomic E-state index is 0.0844. The molecule has 0 saturated heterocycles. The predicted molar refractivity (Wildman–Crippen MR) is 65.7 cm³/mol. The molecule has 0 aliphatic heterocycles. The molecule has 1 aliphatic rings. The number of aromatic nitrogens is 1. The molecule has 1 aromatic heterocycles. The van der Waals surface area contributed by atoms with Gasteiger partial charge in [0.2, 0.25) is 0 Å². The van der Waals surface area contributed by atoms with Crippen LogP contribution in [0.15, 0.2) is 40.9 Å². The number of rotatable bonds is 4. The zero-order chi connectivity index (χ0) is 11.7. The zero-order valence-corrected chi connectivity index (χ0v) is 9.73. The van der Waals surface area contributed by atoms with Crippen LogP contribution in [-0.4, -0.2) is 11.5 Å². The number of nitrogens with two attached hydrogens (primary N) is 1. The van der Waals surface area contributed by atoms with E-state index in [1.165, 1.54) is 5.56 Å². The highest BCUT2D eigenvalue weighted by Gasteiger charge is 2.48. The maximum atomic E-state index is 5.81. The third-order valence-corrected chi connectivity index (χ3v) is 3.46. The van der Waals surface area contributed by atoms with Gasteiger partial charge in [0.15, 0.2) is 5.89 Å². The Morgan fingerprint density at radius 2 is 2.00 bits per heavy atom. The molecule has 3 heteroatoms. The summed E-state index contributed by atoms with van der Waals surface area (Å²) in [6, 6.07) is 10.5. The van der Waals surface area contributed by atoms with Crippen molar-refractivity contribution in [3.8, 4) is 0 Å². The first kappa shape index (κ1) is 10.5. The molecule has 88 valence electrons. The number of nitrogens with zero attached hydrogens (tertiary/aromatic N) is 1. The first-order valence-corrected chi connectivity index (χ1v) is 6.06. The predicted octanol–water partition coefficient (Wildman–Crippen LogP) is 2.26. The Hall–Kier alpha value is -1.61. The van der Waals surface area contributed by atoms with E-state index in [-0.39, 0.29) is 5.41 Å². The van der Waals surface area contributed by atoms with Gasteiger partial charge in [0.05, 0.1) is 11.6 Å². The van der Waals surface area contributed by atoms with E-state index in [4.69, 9.17) is 10.2 Å². The largest absolute Gasteiger partial charge is 0.445 e. The molecule has 2 aromatic rings. The van der Waals surface area contributed by atoms with Crippen molar-refractivity contribution in [1.29, 1.82) is 0 Å². The van der Waals surface area contributed by atoms with E-state index >= 15 is 0 Å². The standard InChI is InChI=1S/C14H16N2O/c15-9-6-13-16-10-12(17-13)14(7-8-14)11-4-2-1-3-5-11/h1-5,10H,6-9,15H2. The average Bonchev–Trinajstić information content (AvgIpc) is 3.06. The highest BCUT2D eigenvalue weighted by Crippen LogP contribution is 2.53. The fourth-order valence-electron chi connectivity index (χ4n) is 2.33. The average molecular weight is 228 g/mol. The van der Waals surface area contributed by atoms with Crippen molar-refractivity contribution >= 4 is 0 Å². The summed E-state index contributed by atoms with van der Waals surface area (Å²) in [5, 5.41) is 0. The maximum absolute atomic E-state index is 5.81. The monoisotopic (exact) mass is 228 g/mol. The van der Waals surface area contributed by atoms with Gasteiger partial charge < -0.3 is 10.2 Å². The second kappa shape index (κ2) is 4.00. The summed E-state index contributed by atoms with van der Waals surface area (Å²) < 4.78 is 5.81. The highest BCUT2D eigenvalue weighted by molar-refractivity contribution is 5.39. The minimum atomic E-state index is 0.0844. The molecule has 0 unspecified atom stereocenters. The van der Waals surface area contributed by atoms with Crippen molar-refractivity contribution in [3.63, 3.8) is 0 Å². The summed E-state index contributed by atoms with van der Waals surface area (Å²) in [5.41, 5.74) is 6.92. The van der Waals surface area contributed by atoms with Crippen LogP contribution in [0.25, 0.3) is 0 Å². The summed E-state index contributed by atoms with van der Waals surface area (Å²) in [7, 11) is 0. The van der Waals surface area contributed by atoms with Gasteiger partial charge in [-0.2, -0.15) is 0 Å². The van der Waals surface area contributed by atoms with Crippen LogP contribution in [-0.2, 0) is 11.8 Å². The first-order valence-electron chi connectivity index (χ1n) is 6.06. The fourth-order valence-corrected chi connectivity index (χ4v) is 2.33. The van der Waals surface area contributed by atoms with Crippen LogP contribution in [0.4, 0.5) is 0 Å². The van der Waals surface area contributed by atoms with Gasteiger partial charge in [-0.3, -0.25) is 0 Å². The van der Waals surface area contributed by atoms with Gasteiger partial charge >= 0.3 is 0 Å². The lowest BCUT2D eigenvalue weighted by Gasteiger charge is -2.11. The highest BCUT2D eigenvalue weighted by atomic mass is 16.4. The minimum Gasteiger partial charge on any atom is -0.445 e. The second-order valence-corrected chi connectivity index (χ2v) is 4.61. The normalized spacial score (nSPS) is 17.0. The summed E-state index contributed by atoms with van der Waals surface area (Å²) in [6.45, 7) is 0.582. The molecule has 1 heterocycles. The van der Waals surface area contributed by atoms with Crippen molar-refractivity contribution in [2.45, 2.75) is 24.7 Å². The van der Waals surface area contributed by atoms with Gasteiger partial charge in [-0.25, -0.2) is 4.98 Å². The Kier molecular flexibility index (Phi) is 2.48. The van der Waals surface area contributed by atoms with Gasteiger partial charge in [-0.05, 0) is 18.4 Å². The van der Waals surface area contributed by atoms with Crippen LogP contribution in [0.5, 0.6) is 0 Å². The number of hydrogen-bond acceptors (Lipinski definition) is 3. The molecule has 17 heavy (non-hydrogen) atoms. The van der Waals surface area contributed by atoms with Crippen LogP contribution in [0.1, 0.15) is 30.1 Å². The molecule has 1 aliphatic carbocycles. The summed E-state index contributed by atoms with van der Waals surface area (Å²) in [6.07, 6.45) is 4.87. The Morgan fingerprint density at radius 1 is 1.24 bits per heavy atom. The number of benzene rings is 1. The first-order chi connectivity index (χ1) is 8.35. The fraction of sp³-hybridized carbons (Fsp3) is 0.357. The lowest BCUT2D eigenvalue weighted by molar-refractivity contribution is 0.434. The van der Waals surface area contributed by atoms with Gasteiger partial charge in [0.1, 0.15) is 5.76 Å². The van der Waals surface area contributed by atoms with E-state index < -0.39 is 0 Å². The molecule has 3 rings (SSSR count). The number of hydrogen-bond donors (Lipinski definition) is 1. The molecular formula is C14H16N2O. The van der Waals surface area contributed by atoms with Gasteiger partial charge in [0.25, 0.3) is 0 Å². The van der Waals surface area contributed by atoms with Gasteiger partial charge in [-0.15, -0.1) is 0 Å². The Morgan fingerprint density at radius 3 is 2.65 bits per heavy atom. The van der Waals surface area contributed by atoms with Crippen LogP contribution in [0.2, 0.25) is 0 Å². The molecule has 2 N–H and O–H groups in total. The Bertz CT molecular complexity index is 500. The Labute approximate surface area is 101 Å². The van der Waals surface area contributed by atoms with Crippen molar-refractivity contribution in [2.75, 3.05) is 6.54 Å². The number of oxazole rings is 1. The molecule has 1 aromatic carbocycles. The third-order valence-electron chi connectivity index (χ3n) is 3.46. The lowest BCUT2D eigenvalue weighted by Crippen LogP contribution is -2.07. The van der Waals surface area contributed by atoms with Crippen LogP contribution < -0.4 is 5.73 Å². The van der Waals surface area contributed by atoms with Crippen molar-refractivity contribution in [2.24, 2.45) is 5.73 Å². The quantitative estimate of drug-likeness (QED) is 0.873. The van der Waals surface area contributed by atoms with E-state index in [0.29, 0.717) is 13.0 Å². The van der Waals surface area contributed by atoms with Crippen molar-refractivity contribution < 1.29 is 4.42 Å². The van der Waals surface area contributed by atoms with Crippen molar-refractivity contribution in [3.05, 3.63) is 53.7 Å². The van der Waals surface area contributed by atoms with Crippen molar-refractivity contribution in [1.82, 2.24) is 4.98 Å². The molecular weight excluding hydrogens is 212 g/mol. The lowest BCUT2D eigenvalue weighted by atomic mass is 9.94. The molecule has 0 spiro atoms. The van der Waals surface area contributed by atoms with E-state index in [0.717, 1.165) is 24.5 Å². The second-order valence-electron chi connectivity index (χ2n) is 4.61. The van der Waals surface area contributed by atoms with Crippen LogP contribution in [0, 0.1) is 0 Å².